The topological polar surface area (TPSA) is 20.2 Å². The highest BCUT2D eigenvalue weighted by atomic mass is 32.2. The van der Waals surface area contributed by atoms with E-state index in [-0.39, 0.29) is 6.10 Å². The third kappa shape index (κ3) is 4.16. The fourth-order valence-electron chi connectivity index (χ4n) is 1.19. The van der Waals surface area contributed by atoms with Crippen molar-refractivity contribution in [1.82, 2.24) is 0 Å². The van der Waals surface area contributed by atoms with Crippen LogP contribution >= 0.6 is 11.8 Å². The third-order valence-corrected chi connectivity index (χ3v) is 3.37. The molecule has 14 heavy (non-hydrogen) atoms. The van der Waals surface area contributed by atoms with Crippen molar-refractivity contribution in [3.05, 3.63) is 35.9 Å². The highest BCUT2D eigenvalue weighted by Crippen LogP contribution is 2.19. The molecule has 0 amide bonds. The Morgan fingerprint density at radius 3 is 2.36 bits per heavy atom. The Labute approximate surface area is 90.5 Å². The van der Waals surface area contributed by atoms with Crippen molar-refractivity contribution < 1.29 is 5.11 Å². The summed E-state index contributed by atoms with van der Waals surface area (Å²) in [6, 6.07) is 9.84. The second-order valence-corrected chi connectivity index (χ2v) is 4.93. The van der Waals surface area contributed by atoms with Gasteiger partial charge in [0, 0.05) is 5.75 Å². The molecule has 1 atom stereocenters. The van der Waals surface area contributed by atoms with Crippen LogP contribution in [0.25, 0.3) is 0 Å². The highest BCUT2D eigenvalue weighted by Gasteiger charge is 2.06. The smallest absolute Gasteiger partial charge is 0.0880 e. The lowest BCUT2D eigenvalue weighted by molar-refractivity contribution is 0.204. The number of thioether (sulfide) groups is 1. The van der Waals surface area contributed by atoms with E-state index in [0.29, 0.717) is 5.92 Å². The van der Waals surface area contributed by atoms with Crippen LogP contribution in [-0.2, 0) is 0 Å². The average Bonchev–Trinajstić information content (AvgIpc) is 2.18. The molecule has 1 nitrogen and oxygen atoms in total. The summed E-state index contributed by atoms with van der Waals surface area (Å²) >= 11 is 1.81. The minimum atomic E-state index is -0.319. The molecule has 0 aliphatic rings. The van der Waals surface area contributed by atoms with Crippen LogP contribution in [0.4, 0.5) is 0 Å². The molecular weight excluding hydrogens is 192 g/mol. The van der Waals surface area contributed by atoms with E-state index in [1.165, 1.54) is 0 Å². The van der Waals surface area contributed by atoms with Crippen molar-refractivity contribution in [2.45, 2.75) is 20.0 Å². The molecule has 1 aromatic rings. The quantitative estimate of drug-likeness (QED) is 0.806. The maximum Gasteiger partial charge on any atom is 0.0880 e. The fraction of sp³-hybridized carbons (Fsp3) is 0.500. The number of hydrogen-bond acceptors (Lipinski definition) is 2. The lowest BCUT2D eigenvalue weighted by Gasteiger charge is -2.11. The van der Waals surface area contributed by atoms with Gasteiger partial charge in [0.15, 0.2) is 0 Å². The van der Waals surface area contributed by atoms with Gasteiger partial charge in [-0.05, 0) is 17.2 Å². The van der Waals surface area contributed by atoms with Crippen LogP contribution in [-0.4, -0.2) is 16.6 Å². The molecule has 0 saturated carbocycles. The summed E-state index contributed by atoms with van der Waals surface area (Å²) in [4.78, 5) is 0. The first kappa shape index (κ1) is 11.6. The second kappa shape index (κ2) is 6.10. The van der Waals surface area contributed by atoms with E-state index < -0.39 is 0 Å². The predicted octanol–water partition coefficient (Wildman–Crippen LogP) is 3.11. The largest absolute Gasteiger partial charge is 0.388 e. The van der Waals surface area contributed by atoms with Crippen LogP contribution in [0.5, 0.6) is 0 Å². The van der Waals surface area contributed by atoms with Gasteiger partial charge in [-0.25, -0.2) is 0 Å². The normalized spacial score (nSPS) is 13.1. The Bertz CT molecular complexity index is 246. The number of benzene rings is 1. The van der Waals surface area contributed by atoms with E-state index in [9.17, 15) is 5.11 Å². The van der Waals surface area contributed by atoms with Crippen molar-refractivity contribution >= 4 is 11.8 Å². The zero-order chi connectivity index (χ0) is 10.4. The summed E-state index contributed by atoms with van der Waals surface area (Å²) < 4.78 is 0. The molecule has 1 unspecified atom stereocenters. The minimum Gasteiger partial charge on any atom is -0.388 e. The zero-order valence-corrected chi connectivity index (χ0v) is 9.63. The Balaban J connectivity index is 2.32. The molecule has 2 heteroatoms. The maximum absolute atomic E-state index is 9.81. The average molecular weight is 210 g/mol. The number of aliphatic hydroxyl groups excluding tert-OH is 1. The summed E-state index contributed by atoms with van der Waals surface area (Å²) in [6.45, 7) is 4.39. The number of hydrogen-bond donors (Lipinski definition) is 1. The summed E-state index contributed by atoms with van der Waals surface area (Å²) in [7, 11) is 0. The molecular formula is C12H18OS. The predicted molar refractivity (Wildman–Crippen MR) is 63.6 cm³/mol. The molecule has 0 spiro atoms. The van der Waals surface area contributed by atoms with Crippen LogP contribution in [0.3, 0.4) is 0 Å². The third-order valence-electron chi connectivity index (χ3n) is 1.91. The Hall–Kier alpha value is -0.470. The van der Waals surface area contributed by atoms with Gasteiger partial charge in [0.1, 0.15) is 0 Å². The second-order valence-electron chi connectivity index (χ2n) is 3.86. The van der Waals surface area contributed by atoms with Crippen molar-refractivity contribution in [3.8, 4) is 0 Å². The molecule has 0 aliphatic heterocycles. The highest BCUT2D eigenvalue weighted by molar-refractivity contribution is 7.99. The Kier molecular flexibility index (Phi) is 5.05. The monoisotopic (exact) mass is 210 g/mol. The summed E-state index contributed by atoms with van der Waals surface area (Å²) in [5, 5.41) is 9.81. The molecule has 0 fully saturated rings. The van der Waals surface area contributed by atoms with Gasteiger partial charge in [-0.3, -0.25) is 0 Å². The van der Waals surface area contributed by atoms with Crippen molar-refractivity contribution in [2.75, 3.05) is 11.5 Å². The van der Waals surface area contributed by atoms with E-state index in [4.69, 9.17) is 0 Å². The molecule has 1 N–H and O–H groups in total. The van der Waals surface area contributed by atoms with E-state index in [1.54, 1.807) is 0 Å². The van der Waals surface area contributed by atoms with Gasteiger partial charge in [0.05, 0.1) is 6.10 Å². The van der Waals surface area contributed by atoms with Crippen LogP contribution in [0.15, 0.2) is 30.3 Å². The molecule has 78 valence electrons. The molecule has 0 bridgehead atoms. The molecule has 0 aliphatic carbocycles. The first-order valence-corrected chi connectivity index (χ1v) is 6.16. The van der Waals surface area contributed by atoms with E-state index in [1.807, 2.05) is 42.1 Å². The Morgan fingerprint density at radius 2 is 1.79 bits per heavy atom. The lowest BCUT2D eigenvalue weighted by Crippen LogP contribution is -2.02. The number of rotatable bonds is 5. The van der Waals surface area contributed by atoms with Gasteiger partial charge < -0.3 is 5.11 Å². The summed E-state index contributed by atoms with van der Waals surface area (Å²) in [5.41, 5.74) is 1.02. The first-order chi connectivity index (χ1) is 6.70. The minimum absolute atomic E-state index is 0.319. The molecule has 0 heterocycles. The molecule has 1 rings (SSSR count). The number of aliphatic hydroxyl groups is 1. The molecule has 0 aromatic heterocycles. The lowest BCUT2D eigenvalue weighted by atomic mass is 10.1. The van der Waals surface area contributed by atoms with E-state index in [2.05, 4.69) is 13.8 Å². The van der Waals surface area contributed by atoms with Crippen molar-refractivity contribution in [1.29, 1.82) is 0 Å². The molecule has 0 radical (unpaired) electrons. The standard InChI is InChI=1S/C12H18OS/c1-10(2)8-14-9-12(13)11-6-4-3-5-7-11/h3-7,10,12-13H,8-9H2,1-2H3. The van der Waals surface area contributed by atoms with Crippen LogP contribution in [0, 0.1) is 5.92 Å². The van der Waals surface area contributed by atoms with E-state index in [0.717, 1.165) is 17.1 Å². The maximum atomic E-state index is 9.81. The van der Waals surface area contributed by atoms with Gasteiger partial charge in [0.2, 0.25) is 0 Å². The van der Waals surface area contributed by atoms with Crippen LogP contribution in [0.1, 0.15) is 25.5 Å². The van der Waals surface area contributed by atoms with Crippen molar-refractivity contribution in [2.24, 2.45) is 5.92 Å². The fourth-order valence-corrected chi connectivity index (χ4v) is 2.21. The van der Waals surface area contributed by atoms with Gasteiger partial charge in [-0.1, -0.05) is 44.2 Å². The van der Waals surface area contributed by atoms with E-state index >= 15 is 0 Å². The summed E-state index contributed by atoms with van der Waals surface area (Å²) in [5.74, 6) is 2.61. The molecule has 0 saturated heterocycles. The van der Waals surface area contributed by atoms with Gasteiger partial charge in [-0.2, -0.15) is 11.8 Å². The van der Waals surface area contributed by atoms with Crippen LogP contribution in [0.2, 0.25) is 0 Å². The van der Waals surface area contributed by atoms with Gasteiger partial charge in [-0.15, -0.1) is 0 Å². The van der Waals surface area contributed by atoms with Gasteiger partial charge in [0.25, 0.3) is 0 Å². The van der Waals surface area contributed by atoms with Crippen LogP contribution < -0.4 is 0 Å². The first-order valence-electron chi connectivity index (χ1n) is 5.01. The summed E-state index contributed by atoms with van der Waals surface area (Å²) in [6.07, 6.45) is -0.319. The van der Waals surface area contributed by atoms with Gasteiger partial charge >= 0.3 is 0 Å². The SMILES string of the molecule is CC(C)CSCC(O)c1ccccc1. The Morgan fingerprint density at radius 1 is 1.14 bits per heavy atom. The molecule has 1 aromatic carbocycles. The zero-order valence-electron chi connectivity index (χ0n) is 8.81. The van der Waals surface area contributed by atoms with Crippen molar-refractivity contribution in [3.63, 3.8) is 0 Å².